The lowest BCUT2D eigenvalue weighted by Crippen LogP contribution is -2.28. The number of para-hydroxylation sites is 2. The zero-order valence-corrected chi connectivity index (χ0v) is 35.3. The molecule has 0 spiro atoms. The summed E-state index contributed by atoms with van der Waals surface area (Å²) in [5.41, 5.74) is 17.9. The average Bonchev–Trinajstić information content (AvgIpc) is 3.89. The normalized spacial score (nSPS) is 12.6. The molecule has 2 heteroatoms. The van der Waals surface area contributed by atoms with Gasteiger partial charge >= 0.3 is 0 Å². The monoisotopic (exact) mass is 819 g/mol. The summed E-state index contributed by atoms with van der Waals surface area (Å²) in [6.45, 7) is 0. The SMILES string of the molecule is c1ccc(N(c2ccc(-c3cccc4c3sc3ccccc34)cc2)c2ccccc2-c2cccc(-c3ccc4c(c3)-c3ccccc3C4(c3ccccc3)c3ccccc3)c2)cc1. The summed E-state index contributed by atoms with van der Waals surface area (Å²) in [6.07, 6.45) is 0. The second kappa shape index (κ2) is 15.3. The van der Waals surface area contributed by atoms with Crippen LogP contribution in [-0.2, 0) is 5.41 Å². The molecule has 0 saturated carbocycles. The predicted molar refractivity (Wildman–Crippen MR) is 268 cm³/mol. The first-order chi connectivity index (χ1) is 31.3. The van der Waals surface area contributed by atoms with Crippen LogP contribution in [-0.4, -0.2) is 0 Å². The van der Waals surface area contributed by atoms with Crippen LogP contribution >= 0.6 is 11.3 Å². The standard InChI is InChI=1S/C61H41NS/c1-4-20-46(21-5-1)61(47-22-6-2-7-23-47)56-31-13-10-27-52(56)55-41-44(36-39-57(55)61)43-18-16-19-45(40-43)50-26-11-14-32-58(50)62(48-24-8-3-9-25-48)49-37-34-42(35-38-49)51-29-17-30-54-53-28-12-15-33-59(53)63-60(51)54/h1-41H. The second-order valence-corrected chi connectivity index (χ2v) is 17.4. The Bertz CT molecular complexity index is 3400. The molecule has 0 aliphatic heterocycles. The van der Waals surface area contributed by atoms with Crippen LogP contribution in [0.3, 0.4) is 0 Å². The van der Waals surface area contributed by atoms with Gasteiger partial charge in [0.15, 0.2) is 0 Å². The molecular formula is C61H41NS. The first kappa shape index (κ1) is 37.0. The van der Waals surface area contributed by atoms with E-state index in [1.807, 2.05) is 11.3 Å². The van der Waals surface area contributed by atoms with E-state index in [9.17, 15) is 0 Å². The maximum Gasteiger partial charge on any atom is 0.0713 e. The van der Waals surface area contributed by atoms with E-state index in [1.54, 1.807) is 0 Å². The van der Waals surface area contributed by atoms with Gasteiger partial charge in [-0.3, -0.25) is 0 Å². The fourth-order valence-corrected chi connectivity index (χ4v) is 11.4. The molecule has 0 bridgehead atoms. The van der Waals surface area contributed by atoms with Gasteiger partial charge in [-0.25, -0.2) is 0 Å². The molecule has 63 heavy (non-hydrogen) atoms. The number of hydrogen-bond donors (Lipinski definition) is 0. The Morgan fingerprint density at radius 2 is 0.857 bits per heavy atom. The molecule has 10 aromatic carbocycles. The van der Waals surface area contributed by atoms with Gasteiger partial charge in [0.25, 0.3) is 0 Å². The number of fused-ring (bicyclic) bond motifs is 6. The minimum absolute atomic E-state index is 0.418. The van der Waals surface area contributed by atoms with E-state index in [2.05, 4.69) is 254 Å². The third kappa shape index (κ3) is 6.06. The van der Waals surface area contributed by atoms with Crippen LogP contribution < -0.4 is 4.90 Å². The van der Waals surface area contributed by atoms with Gasteiger partial charge in [-0.15, -0.1) is 11.3 Å². The van der Waals surface area contributed by atoms with Crippen molar-refractivity contribution in [2.45, 2.75) is 5.41 Å². The van der Waals surface area contributed by atoms with E-state index in [0.29, 0.717) is 0 Å². The highest BCUT2D eigenvalue weighted by Gasteiger charge is 2.46. The summed E-state index contributed by atoms with van der Waals surface area (Å²) in [5, 5.41) is 2.64. The van der Waals surface area contributed by atoms with E-state index in [0.717, 1.165) is 17.1 Å². The van der Waals surface area contributed by atoms with Crippen LogP contribution in [0.1, 0.15) is 22.3 Å². The number of rotatable bonds is 8. The Morgan fingerprint density at radius 1 is 0.317 bits per heavy atom. The van der Waals surface area contributed by atoms with E-state index < -0.39 is 5.41 Å². The molecule has 1 aliphatic rings. The minimum atomic E-state index is -0.418. The van der Waals surface area contributed by atoms with Crippen molar-refractivity contribution < 1.29 is 0 Å². The van der Waals surface area contributed by atoms with Crippen molar-refractivity contribution in [2.24, 2.45) is 0 Å². The molecule has 1 aromatic heterocycles. The summed E-state index contributed by atoms with van der Waals surface area (Å²) in [5.74, 6) is 0. The maximum absolute atomic E-state index is 2.42. The van der Waals surface area contributed by atoms with Gasteiger partial charge in [-0.2, -0.15) is 0 Å². The molecule has 0 saturated heterocycles. The van der Waals surface area contributed by atoms with Crippen molar-refractivity contribution in [1.29, 1.82) is 0 Å². The highest BCUT2D eigenvalue weighted by molar-refractivity contribution is 7.26. The number of hydrogen-bond acceptors (Lipinski definition) is 2. The highest BCUT2D eigenvalue weighted by Crippen LogP contribution is 2.57. The van der Waals surface area contributed by atoms with E-state index in [1.165, 1.54) is 86.9 Å². The summed E-state index contributed by atoms with van der Waals surface area (Å²) < 4.78 is 2.65. The molecule has 0 radical (unpaired) electrons. The predicted octanol–water partition coefficient (Wildman–Crippen LogP) is 16.9. The quantitative estimate of drug-likeness (QED) is 0.148. The lowest BCUT2D eigenvalue weighted by Gasteiger charge is -2.33. The van der Waals surface area contributed by atoms with Gasteiger partial charge in [0.05, 0.1) is 11.1 Å². The topological polar surface area (TPSA) is 3.24 Å². The van der Waals surface area contributed by atoms with Crippen molar-refractivity contribution in [2.75, 3.05) is 4.90 Å². The van der Waals surface area contributed by atoms with Gasteiger partial charge in [0.2, 0.25) is 0 Å². The number of benzene rings is 10. The van der Waals surface area contributed by atoms with Crippen molar-refractivity contribution in [1.82, 2.24) is 0 Å². The van der Waals surface area contributed by atoms with Gasteiger partial charge < -0.3 is 4.90 Å². The summed E-state index contributed by atoms with van der Waals surface area (Å²) in [7, 11) is 0. The molecule has 0 atom stereocenters. The minimum Gasteiger partial charge on any atom is -0.310 e. The second-order valence-electron chi connectivity index (χ2n) is 16.4. The molecular weight excluding hydrogens is 779 g/mol. The molecule has 11 aromatic rings. The molecule has 296 valence electrons. The van der Waals surface area contributed by atoms with Crippen LogP contribution in [0.5, 0.6) is 0 Å². The van der Waals surface area contributed by atoms with Gasteiger partial charge in [0.1, 0.15) is 0 Å². The lowest BCUT2D eigenvalue weighted by molar-refractivity contribution is 0.768. The molecule has 0 unspecified atom stereocenters. The summed E-state index contributed by atoms with van der Waals surface area (Å²) in [4.78, 5) is 2.39. The Labute approximate surface area is 372 Å². The van der Waals surface area contributed by atoms with Crippen LogP contribution in [0.25, 0.3) is 64.7 Å². The van der Waals surface area contributed by atoms with Crippen molar-refractivity contribution in [3.63, 3.8) is 0 Å². The molecule has 12 rings (SSSR count). The zero-order valence-electron chi connectivity index (χ0n) is 34.5. The molecule has 0 amide bonds. The first-order valence-electron chi connectivity index (χ1n) is 21.7. The van der Waals surface area contributed by atoms with Crippen molar-refractivity contribution in [3.05, 3.63) is 271 Å². The summed E-state index contributed by atoms with van der Waals surface area (Å²) in [6, 6.07) is 91.3. The Balaban J connectivity index is 0.954. The third-order valence-electron chi connectivity index (χ3n) is 13.0. The summed E-state index contributed by atoms with van der Waals surface area (Å²) >= 11 is 1.88. The molecule has 0 N–H and O–H groups in total. The van der Waals surface area contributed by atoms with Crippen molar-refractivity contribution >= 4 is 48.6 Å². The van der Waals surface area contributed by atoms with Gasteiger partial charge in [-0.05, 0) is 110 Å². The molecule has 1 aliphatic carbocycles. The molecule has 0 fully saturated rings. The lowest BCUT2D eigenvalue weighted by atomic mass is 9.67. The van der Waals surface area contributed by atoms with Crippen LogP contribution in [0, 0.1) is 0 Å². The Kier molecular flexibility index (Phi) is 8.98. The van der Waals surface area contributed by atoms with E-state index in [-0.39, 0.29) is 0 Å². The van der Waals surface area contributed by atoms with Crippen LogP contribution in [0.15, 0.2) is 249 Å². The van der Waals surface area contributed by atoms with Crippen LogP contribution in [0.4, 0.5) is 17.1 Å². The van der Waals surface area contributed by atoms with Crippen LogP contribution in [0.2, 0.25) is 0 Å². The van der Waals surface area contributed by atoms with Gasteiger partial charge in [-0.1, -0.05) is 200 Å². The fraction of sp³-hybridized carbons (Fsp3) is 0.0164. The first-order valence-corrected chi connectivity index (χ1v) is 22.5. The zero-order chi connectivity index (χ0) is 41.7. The smallest absolute Gasteiger partial charge is 0.0713 e. The molecule has 1 nitrogen and oxygen atoms in total. The number of anilines is 3. The van der Waals surface area contributed by atoms with E-state index >= 15 is 0 Å². The van der Waals surface area contributed by atoms with Crippen molar-refractivity contribution in [3.8, 4) is 44.5 Å². The number of thiophene rings is 1. The Hall–Kier alpha value is -7.78. The largest absolute Gasteiger partial charge is 0.310 e. The number of nitrogens with zero attached hydrogens (tertiary/aromatic N) is 1. The highest BCUT2D eigenvalue weighted by atomic mass is 32.1. The van der Waals surface area contributed by atoms with Gasteiger partial charge in [0, 0.05) is 37.1 Å². The van der Waals surface area contributed by atoms with E-state index in [4.69, 9.17) is 0 Å². The third-order valence-corrected chi connectivity index (χ3v) is 14.2. The average molecular weight is 820 g/mol. The fourth-order valence-electron chi connectivity index (χ4n) is 10.2. The molecule has 1 heterocycles. The Morgan fingerprint density at radius 3 is 1.63 bits per heavy atom. The maximum atomic E-state index is 2.42.